The van der Waals surface area contributed by atoms with Gasteiger partial charge in [-0.05, 0) is 30.2 Å². The van der Waals surface area contributed by atoms with Gasteiger partial charge in [-0.2, -0.15) is 5.10 Å². The van der Waals surface area contributed by atoms with Crippen LogP contribution >= 0.6 is 11.8 Å². The Kier molecular flexibility index (Phi) is 4.16. The minimum absolute atomic E-state index is 0.00416. The summed E-state index contributed by atoms with van der Waals surface area (Å²) < 4.78 is 5.18. The fourth-order valence-electron chi connectivity index (χ4n) is 1.85. The van der Waals surface area contributed by atoms with Crippen molar-refractivity contribution in [2.45, 2.75) is 36.9 Å². The summed E-state index contributed by atoms with van der Waals surface area (Å²) in [5, 5.41) is 17.1. The van der Waals surface area contributed by atoms with Crippen LogP contribution in [0.1, 0.15) is 30.7 Å². The Morgan fingerprint density at radius 2 is 2.16 bits per heavy atom. The number of nitrogens with one attached hydrogen (secondary N) is 1. The highest BCUT2D eigenvalue weighted by atomic mass is 32.2. The highest BCUT2D eigenvalue weighted by Crippen LogP contribution is 2.29. The van der Waals surface area contributed by atoms with E-state index in [1.807, 2.05) is 13.8 Å². The molecular formula is C12H15N5OS. The van der Waals surface area contributed by atoms with E-state index in [4.69, 9.17) is 15.6 Å². The molecule has 0 saturated carbocycles. The maximum absolute atomic E-state index is 7.77. The molecule has 100 valence electrons. The van der Waals surface area contributed by atoms with Crippen molar-refractivity contribution in [3.63, 3.8) is 0 Å². The van der Waals surface area contributed by atoms with Crippen molar-refractivity contribution < 1.29 is 4.42 Å². The molecule has 0 atom stereocenters. The molecule has 0 saturated heterocycles. The van der Waals surface area contributed by atoms with E-state index in [-0.39, 0.29) is 5.84 Å². The van der Waals surface area contributed by atoms with Crippen LogP contribution < -0.4 is 5.73 Å². The van der Waals surface area contributed by atoms with Crippen molar-refractivity contribution in [1.82, 2.24) is 15.2 Å². The number of hydrogen-bond donors (Lipinski definition) is 2. The summed E-state index contributed by atoms with van der Waals surface area (Å²) in [5.41, 5.74) is 8.18. The van der Waals surface area contributed by atoms with Gasteiger partial charge in [0, 0.05) is 0 Å². The standard InChI is InChI=1S/C12H15N5OS/c1-3-7-8(4-2)16-17-11(9(7)10(13)14)19-12-15-5-6-18-12/h5-6H,3-4H2,1-2H3,(H3,13,14). The van der Waals surface area contributed by atoms with Gasteiger partial charge in [0.2, 0.25) is 0 Å². The zero-order valence-electron chi connectivity index (χ0n) is 10.8. The zero-order chi connectivity index (χ0) is 13.8. The van der Waals surface area contributed by atoms with E-state index in [0.29, 0.717) is 15.8 Å². The minimum atomic E-state index is -0.00416. The number of nitrogen functional groups attached to an aromatic ring is 1. The fourth-order valence-corrected chi connectivity index (χ4v) is 2.65. The molecule has 2 heterocycles. The third-order valence-electron chi connectivity index (χ3n) is 2.68. The lowest BCUT2D eigenvalue weighted by molar-refractivity contribution is 0.453. The lowest BCUT2D eigenvalue weighted by Gasteiger charge is -2.12. The quantitative estimate of drug-likeness (QED) is 0.640. The zero-order valence-corrected chi connectivity index (χ0v) is 11.6. The maximum Gasteiger partial charge on any atom is 0.262 e. The Bertz CT molecular complexity index is 582. The number of nitrogens with two attached hydrogens (primary N) is 1. The Labute approximate surface area is 115 Å². The number of oxazole rings is 1. The molecule has 0 fully saturated rings. The molecule has 2 rings (SSSR count). The molecule has 0 amide bonds. The molecule has 2 aromatic heterocycles. The van der Waals surface area contributed by atoms with Gasteiger partial charge in [-0.15, -0.1) is 5.10 Å². The summed E-state index contributed by atoms with van der Waals surface area (Å²) in [6.45, 7) is 4.02. The third-order valence-corrected chi connectivity index (χ3v) is 3.53. The van der Waals surface area contributed by atoms with Gasteiger partial charge in [-0.25, -0.2) is 4.98 Å². The molecule has 7 heteroatoms. The van der Waals surface area contributed by atoms with Crippen molar-refractivity contribution in [3.05, 3.63) is 29.3 Å². The summed E-state index contributed by atoms with van der Waals surface area (Å²) in [4.78, 5) is 4.03. The first-order chi connectivity index (χ1) is 9.17. The van der Waals surface area contributed by atoms with Gasteiger partial charge in [0.25, 0.3) is 5.22 Å². The van der Waals surface area contributed by atoms with Gasteiger partial charge in [0.15, 0.2) is 0 Å². The van der Waals surface area contributed by atoms with Crippen LogP contribution in [0, 0.1) is 5.41 Å². The van der Waals surface area contributed by atoms with Crippen LogP contribution in [0.3, 0.4) is 0 Å². The summed E-state index contributed by atoms with van der Waals surface area (Å²) in [6.07, 6.45) is 4.57. The normalized spacial score (nSPS) is 10.6. The van der Waals surface area contributed by atoms with Crippen LogP contribution in [0.25, 0.3) is 0 Å². The van der Waals surface area contributed by atoms with Gasteiger partial charge < -0.3 is 10.2 Å². The van der Waals surface area contributed by atoms with Crippen molar-refractivity contribution in [2.75, 3.05) is 0 Å². The predicted octanol–water partition coefficient (Wildman–Crippen LogP) is 2.02. The van der Waals surface area contributed by atoms with Crippen LogP contribution in [0.5, 0.6) is 0 Å². The molecule has 0 unspecified atom stereocenters. The van der Waals surface area contributed by atoms with E-state index in [9.17, 15) is 0 Å². The van der Waals surface area contributed by atoms with Crippen LogP contribution in [-0.4, -0.2) is 21.0 Å². The Balaban J connectivity index is 2.51. The fraction of sp³-hybridized carbons (Fsp3) is 0.333. The summed E-state index contributed by atoms with van der Waals surface area (Å²) >= 11 is 1.23. The minimum Gasteiger partial charge on any atom is -0.440 e. The van der Waals surface area contributed by atoms with Gasteiger partial charge in [0.1, 0.15) is 17.1 Å². The van der Waals surface area contributed by atoms with Gasteiger partial charge >= 0.3 is 0 Å². The molecule has 0 spiro atoms. The summed E-state index contributed by atoms with van der Waals surface area (Å²) in [6, 6.07) is 0. The number of nitrogens with zero attached hydrogens (tertiary/aromatic N) is 3. The van der Waals surface area contributed by atoms with Crippen molar-refractivity contribution in [3.8, 4) is 0 Å². The molecule has 0 bridgehead atoms. The van der Waals surface area contributed by atoms with Crippen LogP contribution in [0.2, 0.25) is 0 Å². The monoisotopic (exact) mass is 277 g/mol. The van der Waals surface area contributed by atoms with Crippen LogP contribution in [-0.2, 0) is 12.8 Å². The van der Waals surface area contributed by atoms with Gasteiger partial charge in [0.05, 0.1) is 17.5 Å². The molecular weight excluding hydrogens is 262 g/mol. The first kappa shape index (κ1) is 13.5. The molecule has 0 aliphatic rings. The SMILES string of the molecule is CCc1nnc(Sc2ncco2)c(C(=N)N)c1CC. The summed E-state index contributed by atoms with van der Waals surface area (Å²) in [5.74, 6) is -0.00416. The number of amidine groups is 1. The Morgan fingerprint density at radius 3 is 2.68 bits per heavy atom. The number of rotatable bonds is 5. The van der Waals surface area contributed by atoms with E-state index < -0.39 is 0 Å². The van der Waals surface area contributed by atoms with E-state index in [0.717, 1.165) is 24.1 Å². The number of aromatic nitrogens is 3. The number of aryl methyl sites for hydroxylation is 1. The molecule has 0 aliphatic heterocycles. The lowest BCUT2D eigenvalue weighted by Crippen LogP contribution is -2.18. The van der Waals surface area contributed by atoms with E-state index >= 15 is 0 Å². The molecule has 2 aromatic rings. The average molecular weight is 277 g/mol. The van der Waals surface area contributed by atoms with Crippen LogP contribution in [0.15, 0.2) is 27.1 Å². The number of hydrogen-bond acceptors (Lipinski definition) is 6. The molecule has 19 heavy (non-hydrogen) atoms. The average Bonchev–Trinajstić information content (AvgIpc) is 2.90. The first-order valence-corrected chi connectivity index (χ1v) is 6.79. The Hall–Kier alpha value is -1.89. The topological polar surface area (TPSA) is 102 Å². The second kappa shape index (κ2) is 5.83. The van der Waals surface area contributed by atoms with Crippen molar-refractivity contribution in [1.29, 1.82) is 5.41 Å². The second-order valence-electron chi connectivity index (χ2n) is 3.83. The smallest absolute Gasteiger partial charge is 0.262 e. The van der Waals surface area contributed by atoms with E-state index in [1.54, 1.807) is 6.20 Å². The Morgan fingerprint density at radius 1 is 1.37 bits per heavy atom. The van der Waals surface area contributed by atoms with E-state index in [2.05, 4.69) is 15.2 Å². The van der Waals surface area contributed by atoms with Crippen molar-refractivity contribution in [2.24, 2.45) is 5.73 Å². The van der Waals surface area contributed by atoms with E-state index in [1.165, 1.54) is 18.0 Å². The third kappa shape index (κ3) is 2.76. The summed E-state index contributed by atoms with van der Waals surface area (Å²) in [7, 11) is 0. The molecule has 0 radical (unpaired) electrons. The van der Waals surface area contributed by atoms with Gasteiger partial charge in [-0.3, -0.25) is 5.41 Å². The lowest BCUT2D eigenvalue weighted by atomic mass is 10.0. The molecule has 3 N–H and O–H groups in total. The van der Waals surface area contributed by atoms with Crippen LogP contribution in [0.4, 0.5) is 0 Å². The molecule has 6 nitrogen and oxygen atoms in total. The highest BCUT2D eigenvalue weighted by Gasteiger charge is 2.18. The van der Waals surface area contributed by atoms with Crippen molar-refractivity contribution >= 4 is 17.6 Å². The predicted molar refractivity (Wildman–Crippen MR) is 72.4 cm³/mol. The molecule has 0 aromatic carbocycles. The van der Waals surface area contributed by atoms with Gasteiger partial charge in [-0.1, -0.05) is 13.8 Å². The molecule has 0 aliphatic carbocycles. The second-order valence-corrected chi connectivity index (χ2v) is 4.77. The first-order valence-electron chi connectivity index (χ1n) is 5.97. The highest BCUT2D eigenvalue weighted by molar-refractivity contribution is 7.99. The largest absolute Gasteiger partial charge is 0.440 e. The maximum atomic E-state index is 7.77.